The van der Waals surface area contributed by atoms with Gasteiger partial charge < -0.3 is 4.74 Å². The molecule has 2 aromatic rings. The van der Waals surface area contributed by atoms with Crippen LogP contribution in [0.15, 0.2) is 18.2 Å². The van der Waals surface area contributed by atoms with E-state index < -0.39 is 0 Å². The molecule has 106 valence electrons. The number of methoxy groups -OCH3 is 1. The third kappa shape index (κ3) is 2.70. The normalized spacial score (nSPS) is 10.8. The molecule has 0 aliphatic carbocycles. The first kappa shape index (κ1) is 16.1. The van der Waals surface area contributed by atoms with Gasteiger partial charge in [0.25, 0.3) is 0 Å². The Hall–Kier alpha value is -0.310. The van der Waals surface area contributed by atoms with Crippen LogP contribution in [0.3, 0.4) is 0 Å². The Morgan fingerprint density at radius 1 is 0.800 bits per heavy atom. The van der Waals surface area contributed by atoms with Crippen LogP contribution in [-0.4, -0.2) is 7.11 Å². The van der Waals surface area contributed by atoms with Gasteiger partial charge in [0, 0.05) is 5.56 Å². The molecule has 0 fully saturated rings. The molecule has 0 aliphatic rings. The maximum Gasteiger partial charge on any atom is 0.119 e. The summed E-state index contributed by atoms with van der Waals surface area (Å²) >= 11 is 30.7. The smallest absolute Gasteiger partial charge is 0.119 e. The van der Waals surface area contributed by atoms with Crippen molar-refractivity contribution in [3.8, 4) is 16.9 Å². The largest absolute Gasteiger partial charge is 0.497 e. The highest BCUT2D eigenvalue weighted by atomic mass is 35.5. The Bertz CT molecular complexity index is 653. The zero-order valence-corrected chi connectivity index (χ0v) is 14.3. The number of rotatable bonds is 2. The predicted molar refractivity (Wildman–Crippen MR) is 88.2 cm³/mol. The average Bonchev–Trinajstić information content (AvgIpc) is 2.44. The zero-order chi connectivity index (χ0) is 15.0. The highest BCUT2D eigenvalue weighted by Gasteiger charge is 2.21. The third-order valence-electron chi connectivity index (χ3n) is 2.91. The molecule has 0 aromatic heterocycles. The van der Waals surface area contributed by atoms with Gasteiger partial charge in [0.2, 0.25) is 0 Å². The first-order valence-corrected chi connectivity index (χ1v) is 7.44. The van der Waals surface area contributed by atoms with Gasteiger partial charge in [0.1, 0.15) is 5.75 Å². The Morgan fingerprint density at radius 2 is 1.30 bits per heavy atom. The monoisotopic (exact) mass is 368 g/mol. The molecule has 6 heteroatoms. The lowest BCUT2D eigenvalue weighted by molar-refractivity contribution is 0.414. The minimum Gasteiger partial charge on any atom is -0.497 e. The Morgan fingerprint density at radius 3 is 1.75 bits per heavy atom. The number of hydrogen-bond donors (Lipinski definition) is 0. The molecule has 2 aromatic carbocycles. The van der Waals surface area contributed by atoms with Crippen molar-refractivity contribution >= 4 is 58.0 Å². The van der Waals surface area contributed by atoms with Crippen LogP contribution in [0, 0.1) is 6.92 Å². The second-order valence-corrected chi connectivity index (χ2v) is 6.02. The summed E-state index contributed by atoms with van der Waals surface area (Å²) in [5.41, 5.74) is 2.32. The molecular weight excluding hydrogens is 361 g/mol. The van der Waals surface area contributed by atoms with E-state index in [0.29, 0.717) is 5.56 Å². The number of halogens is 5. The van der Waals surface area contributed by atoms with Crippen LogP contribution in [0.5, 0.6) is 5.75 Å². The van der Waals surface area contributed by atoms with Crippen LogP contribution in [0.4, 0.5) is 0 Å². The van der Waals surface area contributed by atoms with E-state index in [-0.39, 0.29) is 25.1 Å². The molecule has 0 atom stereocenters. The Kier molecular flexibility index (Phi) is 4.99. The van der Waals surface area contributed by atoms with Gasteiger partial charge in [-0.15, -0.1) is 0 Å². The highest BCUT2D eigenvalue weighted by molar-refractivity contribution is 6.56. The number of benzene rings is 2. The zero-order valence-electron chi connectivity index (χ0n) is 10.5. The average molecular weight is 370 g/mol. The van der Waals surface area contributed by atoms with Gasteiger partial charge in [0.15, 0.2) is 0 Å². The summed E-state index contributed by atoms with van der Waals surface area (Å²) in [5, 5.41) is 1.08. The number of ether oxygens (including phenoxy) is 1. The molecule has 0 bridgehead atoms. The predicted octanol–water partition coefficient (Wildman–Crippen LogP) is 6.94. The summed E-state index contributed by atoms with van der Waals surface area (Å²) in [6.45, 7) is 1.92. The minimum absolute atomic E-state index is 0.151. The van der Waals surface area contributed by atoms with Crippen molar-refractivity contribution < 1.29 is 4.74 Å². The fraction of sp³-hybridized carbons (Fsp3) is 0.143. The lowest BCUT2D eigenvalue weighted by Gasteiger charge is -2.15. The Balaban J connectivity index is 2.76. The quantitative estimate of drug-likeness (QED) is 0.411. The van der Waals surface area contributed by atoms with Crippen LogP contribution in [0.2, 0.25) is 25.1 Å². The number of aryl methyl sites for hydroxylation is 1. The van der Waals surface area contributed by atoms with Gasteiger partial charge in [0.05, 0.1) is 32.2 Å². The summed E-state index contributed by atoms with van der Waals surface area (Å²) < 4.78 is 5.17. The topological polar surface area (TPSA) is 9.23 Å². The molecule has 1 nitrogen and oxygen atoms in total. The van der Waals surface area contributed by atoms with Gasteiger partial charge in [-0.3, -0.25) is 0 Å². The molecule has 0 amide bonds. The molecule has 0 unspecified atom stereocenters. The van der Waals surface area contributed by atoms with E-state index in [9.17, 15) is 0 Å². The first-order valence-electron chi connectivity index (χ1n) is 5.55. The maximum atomic E-state index is 6.27. The van der Waals surface area contributed by atoms with Crippen molar-refractivity contribution in [2.45, 2.75) is 6.92 Å². The van der Waals surface area contributed by atoms with Crippen LogP contribution < -0.4 is 4.74 Å². The fourth-order valence-corrected chi connectivity index (χ4v) is 3.23. The second-order valence-electron chi connectivity index (χ2n) is 4.13. The maximum absolute atomic E-state index is 6.27. The van der Waals surface area contributed by atoms with Crippen LogP contribution in [0.1, 0.15) is 5.56 Å². The van der Waals surface area contributed by atoms with Crippen molar-refractivity contribution in [2.75, 3.05) is 7.11 Å². The Labute approximate surface area is 142 Å². The summed E-state index contributed by atoms with van der Waals surface area (Å²) in [5.74, 6) is 0.740. The SMILES string of the molecule is COc1ccc(-c2c(Cl)c(Cl)c(Cl)c(Cl)c2Cl)c(C)c1. The van der Waals surface area contributed by atoms with E-state index in [1.807, 2.05) is 25.1 Å². The van der Waals surface area contributed by atoms with Gasteiger partial charge in [-0.05, 0) is 30.2 Å². The molecule has 0 aliphatic heterocycles. The van der Waals surface area contributed by atoms with Crippen LogP contribution >= 0.6 is 58.0 Å². The second kappa shape index (κ2) is 6.21. The lowest BCUT2D eigenvalue weighted by Crippen LogP contribution is -1.91. The molecule has 20 heavy (non-hydrogen) atoms. The van der Waals surface area contributed by atoms with Gasteiger partial charge >= 0.3 is 0 Å². The van der Waals surface area contributed by atoms with Crippen LogP contribution in [-0.2, 0) is 0 Å². The highest BCUT2D eigenvalue weighted by Crippen LogP contribution is 2.48. The van der Waals surface area contributed by atoms with Crippen LogP contribution in [0.25, 0.3) is 11.1 Å². The van der Waals surface area contributed by atoms with Crippen molar-refractivity contribution in [1.29, 1.82) is 0 Å². The fourth-order valence-electron chi connectivity index (χ4n) is 1.89. The first-order chi connectivity index (χ1) is 9.38. The van der Waals surface area contributed by atoms with E-state index in [2.05, 4.69) is 0 Å². The molecule has 0 saturated heterocycles. The lowest BCUT2D eigenvalue weighted by atomic mass is 10.00. The summed E-state index contributed by atoms with van der Waals surface area (Å²) in [6.07, 6.45) is 0. The number of hydrogen-bond acceptors (Lipinski definition) is 1. The van der Waals surface area contributed by atoms with E-state index in [4.69, 9.17) is 62.7 Å². The third-order valence-corrected chi connectivity index (χ3v) is 5.19. The van der Waals surface area contributed by atoms with E-state index >= 15 is 0 Å². The summed E-state index contributed by atoms with van der Waals surface area (Å²) in [6, 6.07) is 5.53. The van der Waals surface area contributed by atoms with Gasteiger partial charge in [-0.25, -0.2) is 0 Å². The molecule has 2 rings (SSSR count). The molecule has 0 heterocycles. The van der Waals surface area contributed by atoms with Crippen molar-refractivity contribution in [3.05, 3.63) is 48.9 Å². The van der Waals surface area contributed by atoms with Crippen molar-refractivity contribution in [2.24, 2.45) is 0 Å². The summed E-state index contributed by atoms with van der Waals surface area (Å²) in [4.78, 5) is 0. The molecule has 0 spiro atoms. The van der Waals surface area contributed by atoms with E-state index in [1.54, 1.807) is 7.11 Å². The van der Waals surface area contributed by atoms with Gasteiger partial charge in [-0.1, -0.05) is 64.1 Å². The molecule has 0 saturated carbocycles. The van der Waals surface area contributed by atoms with Crippen molar-refractivity contribution in [1.82, 2.24) is 0 Å². The molecule has 0 N–H and O–H groups in total. The van der Waals surface area contributed by atoms with E-state index in [0.717, 1.165) is 16.9 Å². The summed E-state index contributed by atoms with van der Waals surface area (Å²) in [7, 11) is 1.60. The molecular formula is C14H9Cl5O. The van der Waals surface area contributed by atoms with Crippen molar-refractivity contribution in [3.63, 3.8) is 0 Å². The van der Waals surface area contributed by atoms with E-state index in [1.165, 1.54) is 0 Å². The standard InChI is InChI=1S/C14H9Cl5O/c1-6-5-7(20-2)3-4-8(6)9-10(15)12(17)14(19)13(18)11(9)16/h3-5H,1-2H3. The van der Waals surface area contributed by atoms with Gasteiger partial charge in [-0.2, -0.15) is 0 Å². The minimum atomic E-state index is 0.151. The molecule has 0 radical (unpaired) electrons.